The second-order valence-corrected chi connectivity index (χ2v) is 6.10. The minimum Gasteiger partial charge on any atom is -0.494 e. The molecule has 0 radical (unpaired) electrons. The lowest BCUT2D eigenvalue weighted by molar-refractivity contribution is -0.120. The van der Waals surface area contributed by atoms with E-state index in [2.05, 4.69) is 5.32 Å². The summed E-state index contributed by atoms with van der Waals surface area (Å²) in [6.45, 7) is 5.17. The number of hydrogen-bond acceptors (Lipinski definition) is 3. The van der Waals surface area contributed by atoms with Gasteiger partial charge in [0.25, 0.3) is 0 Å². The quantitative estimate of drug-likeness (QED) is 0.817. The minimum absolute atomic E-state index is 0.0642. The normalized spacial score (nSPS) is 12.0. The van der Waals surface area contributed by atoms with Gasteiger partial charge in [0, 0.05) is 17.3 Å². The van der Waals surface area contributed by atoms with Crippen LogP contribution < -0.4 is 10.1 Å². The zero-order chi connectivity index (χ0) is 17.5. The summed E-state index contributed by atoms with van der Waals surface area (Å²) in [4.78, 5) is 14.4. The number of anilines is 1. The van der Waals surface area contributed by atoms with Crippen LogP contribution in [0.5, 0.6) is 5.75 Å². The molecule has 0 saturated carbocycles. The van der Waals surface area contributed by atoms with Gasteiger partial charge in [0.1, 0.15) is 5.75 Å². The van der Waals surface area contributed by atoms with Gasteiger partial charge in [0.2, 0.25) is 5.91 Å². The Morgan fingerprint density at radius 2 is 1.96 bits per heavy atom. The van der Waals surface area contributed by atoms with E-state index in [1.54, 1.807) is 12.1 Å². The highest BCUT2D eigenvalue weighted by atomic mass is 35.5. The van der Waals surface area contributed by atoms with E-state index < -0.39 is 0 Å². The summed E-state index contributed by atoms with van der Waals surface area (Å²) in [5.41, 5.74) is 1.83. The summed E-state index contributed by atoms with van der Waals surface area (Å²) in [5.74, 6) is 0.793. The fraction of sp³-hybridized carbons (Fsp3) is 0.316. The molecule has 1 N–H and O–H groups in total. The van der Waals surface area contributed by atoms with Crippen LogP contribution in [0.2, 0.25) is 5.02 Å². The highest BCUT2D eigenvalue weighted by Crippen LogP contribution is 2.17. The van der Waals surface area contributed by atoms with Crippen molar-refractivity contribution in [3.05, 3.63) is 59.1 Å². The van der Waals surface area contributed by atoms with Gasteiger partial charge in [0.05, 0.1) is 12.6 Å². The molecule has 24 heavy (non-hydrogen) atoms. The van der Waals surface area contributed by atoms with Crippen LogP contribution in [0.3, 0.4) is 0 Å². The van der Waals surface area contributed by atoms with Crippen LogP contribution in [0.25, 0.3) is 0 Å². The number of hydrogen-bond donors (Lipinski definition) is 1. The SMILES string of the molecule is CCOc1ccc(CN(C)[C@H](C)C(=O)Nc2cccc(Cl)c2)cc1. The van der Waals surface area contributed by atoms with Crippen molar-refractivity contribution >= 4 is 23.2 Å². The maximum absolute atomic E-state index is 12.4. The molecule has 2 rings (SSSR count). The second kappa shape index (κ2) is 8.71. The molecule has 4 nitrogen and oxygen atoms in total. The Hall–Kier alpha value is -2.04. The molecule has 0 heterocycles. The largest absolute Gasteiger partial charge is 0.494 e. The summed E-state index contributed by atoms with van der Waals surface area (Å²) in [5, 5.41) is 3.49. The Morgan fingerprint density at radius 1 is 1.25 bits per heavy atom. The average Bonchev–Trinajstić information content (AvgIpc) is 2.56. The van der Waals surface area contributed by atoms with Crippen LogP contribution in [0.4, 0.5) is 5.69 Å². The number of rotatable bonds is 7. The molecule has 5 heteroatoms. The maximum Gasteiger partial charge on any atom is 0.241 e. The molecule has 1 atom stereocenters. The molecule has 1 amide bonds. The maximum atomic E-state index is 12.4. The highest BCUT2D eigenvalue weighted by molar-refractivity contribution is 6.30. The number of nitrogens with one attached hydrogen (secondary N) is 1. The van der Waals surface area contributed by atoms with E-state index >= 15 is 0 Å². The molecule has 2 aromatic carbocycles. The van der Waals surface area contributed by atoms with Crippen molar-refractivity contribution in [2.75, 3.05) is 19.0 Å². The van der Waals surface area contributed by atoms with E-state index in [0.717, 1.165) is 11.3 Å². The van der Waals surface area contributed by atoms with Crippen LogP contribution >= 0.6 is 11.6 Å². The van der Waals surface area contributed by atoms with E-state index in [-0.39, 0.29) is 11.9 Å². The first-order chi connectivity index (χ1) is 11.5. The molecule has 0 saturated heterocycles. The minimum atomic E-state index is -0.268. The molecule has 2 aromatic rings. The fourth-order valence-corrected chi connectivity index (χ4v) is 2.49. The first-order valence-electron chi connectivity index (χ1n) is 7.98. The molecule has 0 aromatic heterocycles. The number of ether oxygens (including phenoxy) is 1. The van der Waals surface area contributed by atoms with Crippen LogP contribution in [0, 0.1) is 0 Å². The summed E-state index contributed by atoms with van der Waals surface area (Å²) >= 11 is 5.94. The van der Waals surface area contributed by atoms with Gasteiger partial charge in [-0.2, -0.15) is 0 Å². The third-order valence-corrected chi connectivity index (χ3v) is 4.03. The summed E-state index contributed by atoms with van der Waals surface area (Å²) < 4.78 is 5.44. The van der Waals surface area contributed by atoms with Gasteiger partial charge >= 0.3 is 0 Å². The third kappa shape index (κ3) is 5.25. The number of benzene rings is 2. The number of halogens is 1. The van der Waals surface area contributed by atoms with Gasteiger partial charge in [-0.1, -0.05) is 29.8 Å². The van der Waals surface area contributed by atoms with Crippen molar-refractivity contribution in [2.24, 2.45) is 0 Å². The van der Waals surface area contributed by atoms with Gasteiger partial charge in [0.15, 0.2) is 0 Å². The smallest absolute Gasteiger partial charge is 0.241 e. The monoisotopic (exact) mass is 346 g/mol. The first kappa shape index (κ1) is 18.3. The fourth-order valence-electron chi connectivity index (χ4n) is 2.30. The number of amides is 1. The van der Waals surface area contributed by atoms with Crippen molar-refractivity contribution in [1.82, 2.24) is 4.90 Å². The molecular formula is C19H23ClN2O2. The van der Waals surface area contributed by atoms with Crippen molar-refractivity contribution < 1.29 is 9.53 Å². The van der Waals surface area contributed by atoms with Gasteiger partial charge in [-0.25, -0.2) is 0 Å². The van der Waals surface area contributed by atoms with E-state index in [4.69, 9.17) is 16.3 Å². The lowest BCUT2D eigenvalue weighted by Crippen LogP contribution is -2.39. The summed E-state index contributed by atoms with van der Waals surface area (Å²) in [6, 6.07) is 14.8. The lowest BCUT2D eigenvalue weighted by atomic mass is 10.1. The Kier molecular flexibility index (Phi) is 6.64. The lowest BCUT2D eigenvalue weighted by Gasteiger charge is -2.24. The zero-order valence-electron chi connectivity index (χ0n) is 14.3. The average molecular weight is 347 g/mol. The molecule has 128 valence electrons. The Labute approximate surface area is 148 Å². The van der Waals surface area contributed by atoms with Crippen LogP contribution in [0.1, 0.15) is 19.4 Å². The summed E-state index contributed by atoms with van der Waals surface area (Å²) in [7, 11) is 1.93. The van der Waals surface area contributed by atoms with Gasteiger partial charge < -0.3 is 10.1 Å². The first-order valence-corrected chi connectivity index (χ1v) is 8.35. The van der Waals surface area contributed by atoms with Gasteiger partial charge in [-0.05, 0) is 56.8 Å². The van der Waals surface area contributed by atoms with E-state index in [1.807, 2.05) is 62.2 Å². The number of nitrogens with zero attached hydrogens (tertiary/aromatic N) is 1. The molecule has 0 unspecified atom stereocenters. The van der Waals surface area contributed by atoms with Gasteiger partial charge in [-0.15, -0.1) is 0 Å². The summed E-state index contributed by atoms with van der Waals surface area (Å²) in [6.07, 6.45) is 0. The predicted octanol–water partition coefficient (Wildman–Crippen LogP) is 4.20. The molecule has 0 fully saturated rings. The second-order valence-electron chi connectivity index (χ2n) is 5.67. The van der Waals surface area contributed by atoms with Crippen LogP contribution in [-0.4, -0.2) is 30.5 Å². The molecule has 0 aliphatic rings. The highest BCUT2D eigenvalue weighted by Gasteiger charge is 2.18. The van der Waals surface area contributed by atoms with Crippen LogP contribution in [-0.2, 0) is 11.3 Å². The molecule has 0 spiro atoms. The Morgan fingerprint density at radius 3 is 2.58 bits per heavy atom. The van der Waals surface area contributed by atoms with E-state index in [1.165, 1.54) is 0 Å². The third-order valence-electron chi connectivity index (χ3n) is 3.80. The standard InChI is InChI=1S/C19H23ClN2O2/c1-4-24-18-10-8-15(9-11-18)13-22(3)14(2)19(23)21-17-7-5-6-16(20)12-17/h5-12,14H,4,13H2,1-3H3,(H,21,23)/t14-/m1/s1. The zero-order valence-corrected chi connectivity index (χ0v) is 15.0. The predicted molar refractivity (Wildman–Crippen MR) is 98.6 cm³/mol. The Balaban J connectivity index is 1.93. The number of carbonyl (C=O) groups is 1. The molecule has 0 bridgehead atoms. The van der Waals surface area contributed by atoms with Gasteiger partial charge in [-0.3, -0.25) is 9.69 Å². The van der Waals surface area contributed by atoms with Crippen LogP contribution in [0.15, 0.2) is 48.5 Å². The number of likely N-dealkylation sites (N-methyl/N-ethyl adjacent to an activating group) is 1. The Bertz CT molecular complexity index is 673. The topological polar surface area (TPSA) is 41.6 Å². The molecular weight excluding hydrogens is 324 g/mol. The molecule has 0 aliphatic heterocycles. The van der Waals surface area contributed by atoms with E-state index in [9.17, 15) is 4.79 Å². The van der Waals surface area contributed by atoms with Crippen molar-refractivity contribution in [3.8, 4) is 5.75 Å². The van der Waals surface area contributed by atoms with Crippen molar-refractivity contribution in [2.45, 2.75) is 26.4 Å². The van der Waals surface area contributed by atoms with Crippen molar-refractivity contribution in [3.63, 3.8) is 0 Å². The number of carbonyl (C=O) groups excluding carboxylic acids is 1. The van der Waals surface area contributed by atoms with E-state index in [0.29, 0.717) is 23.9 Å². The molecule has 0 aliphatic carbocycles. The van der Waals surface area contributed by atoms with Crippen molar-refractivity contribution in [1.29, 1.82) is 0 Å².